The fourth-order valence-corrected chi connectivity index (χ4v) is 3.46. The maximum atomic E-state index is 10.9. The monoisotopic (exact) mass is 274 g/mol. The molecule has 0 aromatic carbocycles. The average molecular weight is 275 g/mol. The van der Waals surface area contributed by atoms with Crippen LogP contribution in [0.5, 0.6) is 0 Å². The van der Waals surface area contributed by atoms with Crippen molar-refractivity contribution in [3.63, 3.8) is 0 Å². The first-order valence-electron chi connectivity index (χ1n) is 4.56. The van der Waals surface area contributed by atoms with Crippen molar-refractivity contribution in [3.05, 3.63) is 14.5 Å². The summed E-state index contributed by atoms with van der Waals surface area (Å²) in [7, 11) is 0. The number of nitrogens with zero attached hydrogens (tertiary/aromatic N) is 1. The highest BCUT2D eigenvalue weighted by Crippen LogP contribution is 2.29. The topological polar surface area (TPSA) is 42.0 Å². The highest BCUT2D eigenvalue weighted by molar-refractivity contribution is 9.11. The van der Waals surface area contributed by atoms with E-state index >= 15 is 0 Å². The third kappa shape index (κ3) is 2.15. The summed E-state index contributed by atoms with van der Waals surface area (Å²) in [6.45, 7) is 1.57. The van der Waals surface area contributed by atoms with Crippen molar-refractivity contribution < 1.29 is 4.79 Å². The van der Waals surface area contributed by atoms with Crippen LogP contribution in [-0.2, 0) is 17.6 Å². The van der Waals surface area contributed by atoms with Gasteiger partial charge in [0, 0.05) is 24.3 Å². The molecular weight excluding hydrogens is 264 g/mol. The van der Waals surface area contributed by atoms with Crippen LogP contribution in [0, 0.1) is 0 Å². The molecule has 0 bridgehead atoms. The minimum Gasteiger partial charge on any atom is -0.353 e. The SMILES string of the molecule is CC(=O)NC1CCc2nc(Br)sc2C1. The first-order valence-corrected chi connectivity index (χ1v) is 6.17. The van der Waals surface area contributed by atoms with Crippen LogP contribution >= 0.6 is 27.3 Å². The lowest BCUT2D eigenvalue weighted by atomic mass is 9.98. The molecule has 1 amide bonds. The molecule has 2 rings (SSSR count). The Morgan fingerprint density at radius 3 is 3.21 bits per heavy atom. The number of fused-ring (bicyclic) bond motifs is 1. The summed E-state index contributed by atoms with van der Waals surface area (Å²) < 4.78 is 0.950. The van der Waals surface area contributed by atoms with Gasteiger partial charge in [0.05, 0.1) is 5.69 Å². The summed E-state index contributed by atoms with van der Waals surface area (Å²) in [5.74, 6) is 0.0574. The Bertz CT molecular complexity index is 364. The van der Waals surface area contributed by atoms with E-state index in [1.54, 1.807) is 18.3 Å². The zero-order chi connectivity index (χ0) is 10.1. The molecule has 0 spiro atoms. The number of rotatable bonds is 1. The zero-order valence-corrected chi connectivity index (χ0v) is 10.2. The van der Waals surface area contributed by atoms with Gasteiger partial charge in [0.15, 0.2) is 3.92 Å². The van der Waals surface area contributed by atoms with Crippen LogP contribution in [-0.4, -0.2) is 16.9 Å². The Kier molecular flexibility index (Phi) is 2.88. The van der Waals surface area contributed by atoms with E-state index in [2.05, 4.69) is 26.2 Å². The molecule has 76 valence electrons. The minimum absolute atomic E-state index is 0.0574. The van der Waals surface area contributed by atoms with Gasteiger partial charge in [-0.05, 0) is 28.8 Å². The molecular formula is C9H11BrN2OS. The highest BCUT2D eigenvalue weighted by Gasteiger charge is 2.22. The average Bonchev–Trinajstić information content (AvgIpc) is 2.42. The van der Waals surface area contributed by atoms with Gasteiger partial charge in [-0.1, -0.05) is 0 Å². The van der Waals surface area contributed by atoms with Gasteiger partial charge in [0.1, 0.15) is 0 Å². The van der Waals surface area contributed by atoms with Crippen molar-refractivity contribution in [2.45, 2.75) is 32.2 Å². The second kappa shape index (κ2) is 3.98. The van der Waals surface area contributed by atoms with Crippen LogP contribution in [0.1, 0.15) is 23.9 Å². The van der Waals surface area contributed by atoms with Gasteiger partial charge in [-0.2, -0.15) is 0 Å². The Morgan fingerprint density at radius 1 is 1.71 bits per heavy atom. The van der Waals surface area contributed by atoms with E-state index < -0.39 is 0 Å². The van der Waals surface area contributed by atoms with E-state index in [1.165, 1.54) is 10.6 Å². The van der Waals surface area contributed by atoms with E-state index in [1.807, 2.05) is 0 Å². The molecule has 5 heteroatoms. The number of carbonyl (C=O) groups is 1. The Balaban J connectivity index is 2.09. The summed E-state index contributed by atoms with van der Waals surface area (Å²) in [5, 5.41) is 2.96. The van der Waals surface area contributed by atoms with Gasteiger partial charge >= 0.3 is 0 Å². The third-order valence-corrected chi connectivity index (χ3v) is 3.89. The maximum Gasteiger partial charge on any atom is 0.217 e. The number of aryl methyl sites for hydroxylation is 1. The summed E-state index contributed by atoms with van der Waals surface area (Å²) in [6.07, 6.45) is 2.91. The van der Waals surface area contributed by atoms with Crippen LogP contribution in [0.3, 0.4) is 0 Å². The Morgan fingerprint density at radius 2 is 2.50 bits per heavy atom. The molecule has 1 aromatic heterocycles. The number of halogens is 1. The van der Waals surface area contributed by atoms with E-state index in [4.69, 9.17) is 0 Å². The predicted molar refractivity (Wildman–Crippen MR) is 59.4 cm³/mol. The van der Waals surface area contributed by atoms with Gasteiger partial charge in [-0.3, -0.25) is 4.79 Å². The van der Waals surface area contributed by atoms with E-state index in [0.717, 1.165) is 23.2 Å². The number of nitrogens with one attached hydrogen (secondary N) is 1. The first-order chi connectivity index (χ1) is 6.65. The molecule has 0 saturated heterocycles. The lowest BCUT2D eigenvalue weighted by Crippen LogP contribution is -2.37. The van der Waals surface area contributed by atoms with E-state index in [-0.39, 0.29) is 5.91 Å². The molecule has 0 fully saturated rings. The number of amides is 1. The van der Waals surface area contributed by atoms with Gasteiger partial charge in [-0.15, -0.1) is 11.3 Å². The number of aromatic nitrogens is 1. The first kappa shape index (κ1) is 10.1. The largest absolute Gasteiger partial charge is 0.353 e. The fraction of sp³-hybridized carbons (Fsp3) is 0.556. The normalized spacial score (nSPS) is 20.3. The third-order valence-electron chi connectivity index (χ3n) is 2.32. The molecule has 0 aliphatic heterocycles. The fourth-order valence-electron chi connectivity index (χ4n) is 1.75. The summed E-state index contributed by atoms with van der Waals surface area (Å²) in [5.41, 5.74) is 1.20. The lowest BCUT2D eigenvalue weighted by molar-refractivity contribution is -0.119. The lowest BCUT2D eigenvalue weighted by Gasteiger charge is -2.21. The van der Waals surface area contributed by atoms with Gasteiger partial charge in [0.2, 0.25) is 5.91 Å². The number of carbonyl (C=O) groups excluding carboxylic acids is 1. The molecule has 0 saturated carbocycles. The highest BCUT2D eigenvalue weighted by atomic mass is 79.9. The molecule has 1 unspecified atom stereocenters. The van der Waals surface area contributed by atoms with Crippen molar-refractivity contribution in [3.8, 4) is 0 Å². The second-order valence-corrected chi connectivity index (χ2v) is 5.84. The summed E-state index contributed by atoms with van der Waals surface area (Å²) in [4.78, 5) is 16.6. The van der Waals surface area contributed by atoms with E-state index in [9.17, 15) is 4.79 Å². The van der Waals surface area contributed by atoms with Crippen LogP contribution < -0.4 is 5.32 Å². The molecule has 1 heterocycles. The Labute approximate surface area is 95.1 Å². The van der Waals surface area contributed by atoms with Gasteiger partial charge < -0.3 is 5.32 Å². The molecule has 1 aliphatic carbocycles. The molecule has 1 atom stereocenters. The number of hydrogen-bond acceptors (Lipinski definition) is 3. The van der Waals surface area contributed by atoms with E-state index in [0.29, 0.717) is 6.04 Å². The van der Waals surface area contributed by atoms with Gasteiger partial charge in [-0.25, -0.2) is 4.98 Å². The maximum absolute atomic E-state index is 10.9. The molecule has 14 heavy (non-hydrogen) atoms. The predicted octanol–water partition coefficient (Wildman–Crippen LogP) is 1.90. The van der Waals surface area contributed by atoms with Crippen LogP contribution in [0.15, 0.2) is 3.92 Å². The quantitative estimate of drug-likeness (QED) is 0.850. The molecule has 1 aromatic rings. The van der Waals surface area contributed by atoms with Crippen LogP contribution in [0.4, 0.5) is 0 Å². The van der Waals surface area contributed by atoms with Crippen LogP contribution in [0.25, 0.3) is 0 Å². The Hall–Kier alpha value is -0.420. The number of thiazole rings is 1. The molecule has 1 N–H and O–H groups in total. The van der Waals surface area contributed by atoms with Crippen molar-refractivity contribution in [2.24, 2.45) is 0 Å². The molecule has 0 radical (unpaired) electrons. The number of hydrogen-bond donors (Lipinski definition) is 1. The molecule has 3 nitrogen and oxygen atoms in total. The molecule has 1 aliphatic rings. The smallest absolute Gasteiger partial charge is 0.217 e. The second-order valence-electron chi connectivity index (χ2n) is 3.48. The standard InChI is InChI=1S/C9H11BrN2OS/c1-5(13)11-6-2-3-7-8(4-6)14-9(10)12-7/h6H,2-4H2,1H3,(H,11,13). The summed E-state index contributed by atoms with van der Waals surface area (Å²) >= 11 is 5.06. The van der Waals surface area contributed by atoms with Crippen molar-refractivity contribution in [1.29, 1.82) is 0 Å². The van der Waals surface area contributed by atoms with Crippen molar-refractivity contribution in [2.75, 3.05) is 0 Å². The minimum atomic E-state index is 0.0574. The van der Waals surface area contributed by atoms with Gasteiger partial charge in [0.25, 0.3) is 0 Å². The van der Waals surface area contributed by atoms with Crippen LogP contribution in [0.2, 0.25) is 0 Å². The summed E-state index contributed by atoms with van der Waals surface area (Å²) in [6, 6.07) is 0.298. The zero-order valence-electron chi connectivity index (χ0n) is 7.84. The van der Waals surface area contributed by atoms with Crippen molar-refractivity contribution >= 4 is 33.2 Å². The van der Waals surface area contributed by atoms with Crippen molar-refractivity contribution in [1.82, 2.24) is 10.3 Å².